The average molecular weight is 360 g/mol. The second-order valence-electron chi connectivity index (χ2n) is 7.09. The fraction of sp³-hybridized carbons (Fsp3) is 0.524. The molecule has 0 saturated heterocycles. The summed E-state index contributed by atoms with van der Waals surface area (Å²) in [5.41, 5.74) is -0.225. The standard InChI is InChI=1S/C21H28O5/c1-4-21(2,3)20(23)25-14-8-6-5-7-13-24-17-11-9-16-10-12-19(22)26-18(16)15-17/h9-12,15H,4-8,13-14H2,1-3H3. The number of esters is 1. The zero-order valence-corrected chi connectivity index (χ0v) is 15.9. The van der Waals surface area contributed by atoms with E-state index in [1.165, 1.54) is 6.07 Å². The molecular weight excluding hydrogens is 332 g/mol. The monoisotopic (exact) mass is 360 g/mol. The minimum Gasteiger partial charge on any atom is -0.493 e. The number of carbonyl (C=O) groups is 1. The van der Waals surface area contributed by atoms with Gasteiger partial charge in [-0.3, -0.25) is 4.79 Å². The maximum absolute atomic E-state index is 11.8. The van der Waals surface area contributed by atoms with Crippen molar-refractivity contribution >= 4 is 16.9 Å². The number of hydrogen-bond acceptors (Lipinski definition) is 5. The first-order chi connectivity index (χ1) is 12.4. The molecule has 0 N–H and O–H groups in total. The van der Waals surface area contributed by atoms with E-state index < -0.39 is 5.41 Å². The molecule has 2 aromatic rings. The summed E-state index contributed by atoms with van der Waals surface area (Å²) in [6, 6.07) is 8.63. The molecule has 0 atom stereocenters. The highest BCUT2D eigenvalue weighted by Crippen LogP contribution is 2.22. The van der Waals surface area contributed by atoms with Gasteiger partial charge < -0.3 is 13.9 Å². The molecule has 26 heavy (non-hydrogen) atoms. The Kier molecular flexibility index (Phi) is 7.25. The molecule has 0 spiro atoms. The van der Waals surface area contributed by atoms with Gasteiger partial charge in [-0.2, -0.15) is 0 Å². The molecule has 0 aliphatic carbocycles. The molecule has 1 heterocycles. The fourth-order valence-electron chi connectivity index (χ4n) is 2.38. The normalized spacial score (nSPS) is 11.5. The van der Waals surface area contributed by atoms with Gasteiger partial charge in [-0.05, 0) is 64.2 Å². The first kappa shape index (κ1) is 20.0. The predicted molar refractivity (Wildman–Crippen MR) is 101 cm³/mol. The molecular formula is C21H28O5. The SMILES string of the molecule is CCC(C)(C)C(=O)OCCCCCCOc1ccc2ccc(=O)oc2c1. The first-order valence-corrected chi connectivity index (χ1v) is 9.26. The number of hydrogen-bond donors (Lipinski definition) is 0. The van der Waals surface area contributed by atoms with Gasteiger partial charge >= 0.3 is 11.6 Å². The summed E-state index contributed by atoms with van der Waals surface area (Å²) in [6.07, 6.45) is 4.58. The van der Waals surface area contributed by atoms with Gasteiger partial charge in [0, 0.05) is 17.5 Å². The van der Waals surface area contributed by atoms with Crippen LogP contribution in [0.2, 0.25) is 0 Å². The Morgan fingerprint density at radius 2 is 1.73 bits per heavy atom. The van der Waals surface area contributed by atoms with E-state index in [0.29, 0.717) is 24.5 Å². The molecule has 1 aromatic carbocycles. The van der Waals surface area contributed by atoms with Crippen molar-refractivity contribution in [1.29, 1.82) is 0 Å². The zero-order chi connectivity index (χ0) is 19.0. The molecule has 5 nitrogen and oxygen atoms in total. The summed E-state index contributed by atoms with van der Waals surface area (Å²) in [5, 5.41) is 0.873. The lowest BCUT2D eigenvalue weighted by Gasteiger charge is -2.20. The summed E-state index contributed by atoms with van der Waals surface area (Å²) < 4.78 is 16.2. The largest absolute Gasteiger partial charge is 0.493 e. The van der Waals surface area contributed by atoms with Crippen LogP contribution >= 0.6 is 0 Å². The summed E-state index contributed by atoms with van der Waals surface area (Å²) in [4.78, 5) is 23.1. The van der Waals surface area contributed by atoms with Crippen LogP contribution in [0.4, 0.5) is 0 Å². The van der Waals surface area contributed by atoms with E-state index in [9.17, 15) is 9.59 Å². The van der Waals surface area contributed by atoms with Crippen molar-refractivity contribution in [2.75, 3.05) is 13.2 Å². The third kappa shape index (κ3) is 5.90. The van der Waals surface area contributed by atoms with E-state index in [0.717, 1.165) is 37.5 Å². The lowest BCUT2D eigenvalue weighted by Crippen LogP contribution is -2.26. The molecule has 142 valence electrons. The Morgan fingerprint density at radius 3 is 2.46 bits per heavy atom. The van der Waals surface area contributed by atoms with Gasteiger partial charge in [0.2, 0.25) is 0 Å². The Labute approximate surface area is 154 Å². The number of fused-ring (bicyclic) bond motifs is 1. The highest BCUT2D eigenvalue weighted by atomic mass is 16.5. The third-order valence-electron chi connectivity index (χ3n) is 4.57. The van der Waals surface area contributed by atoms with E-state index in [1.807, 2.05) is 32.9 Å². The molecule has 0 radical (unpaired) electrons. The van der Waals surface area contributed by atoms with Crippen LogP contribution in [-0.4, -0.2) is 19.2 Å². The number of carbonyl (C=O) groups excluding carboxylic acids is 1. The zero-order valence-electron chi connectivity index (χ0n) is 15.9. The lowest BCUT2D eigenvalue weighted by atomic mass is 9.91. The summed E-state index contributed by atoms with van der Waals surface area (Å²) in [6.45, 7) is 6.89. The van der Waals surface area contributed by atoms with Crippen LogP contribution in [0.1, 0.15) is 52.9 Å². The third-order valence-corrected chi connectivity index (χ3v) is 4.57. The summed E-state index contributed by atoms with van der Waals surface area (Å²) in [5.74, 6) is 0.578. The van der Waals surface area contributed by atoms with Crippen molar-refractivity contribution in [3.05, 3.63) is 40.8 Å². The number of benzene rings is 1. The fourth-order valence-corrected chi connectivity index (χ4v) is 2.38. The van der Waals surface area contributed by atoms with Crippen molar-refractivity contribution in [2.45, 2.75) is 52.9 Å². The quantitative estimate of drug-likeness (QED) is 0.349. The van der Waals surface area contributed by atoms with Crippen LogP contribution < -0.4 is 10.4 Å². The average Bonchev–Trinajstić information content (AvgIpc) is 2.63. The van der Waals surface area contributed by atoms with Crippen molar-refractivity contribution in [3.8, 4) is 5.75 Å². The first-order valence-electron chi connectivity index (χ1n) is 9.26. The van der Waals surface area contributed by atoms with Gasteiger partial charge in [0.15, 0.2) is 0 Å². The lowest BCUT2D eigenvalue weighted by molar-refractivity contribution is -0.154. The van der Waals surface area contributed by atoms with Crippen LogP contribution in [-0.2, 0) is 9.53 Å². The van der Waals surface area contributed by atoms with E-state index in [4.69, 9.17) is 13.9 Å². The number of ether oxygens (including phenoxy) is 2. The summed E-state index contributed by atoms with van der Waals surface area (Å²) in [7, 11) is 0. The van der Waals surface area contributed by atoms with E-state index in [-0.39, 0.29) is 11.6 Å². The second kappa shape index (κ2) is 9.41. The van der Waals surface area contributed by atoms with E-state index in [1.54, 1.807) is 12.1 Å². The van der Waals surface area contributed by atoms with Crippen LogP contribution in [0, 0.1) is 5.41 Å². The molecule has 5 heteroatoms. The number of rotatable bonds is 10. The summed E-state index contributed by atoms with van der Waals surface area (Å²) >= 11 is 0. The van der Waals surface area contributed by atoms with Gasteiger partial charge in [0.25, 0.3) is 0 Å². The minimum absolute atomic E-state index is 0.119. The van der Waals surface area contributed by atoms with Crippen molar-refractivity contribution in [3.63, 3.8) is 0 Å². The van der Waals surface area contributed by atoms with Crippen molar-refractivity contribution in [1.82, 2.24) is 0 Å². The Balaban J connectivity index is 1.61. The van der Waals surface area contributed by atoms with Crippen LogP contribution in [0.15, 0.2) is 39.5 Å². The van der Waals surface area contributed by atoms with Gasteiger partial charge in [0.1, 0.15) is 11.3 Å². The molecule has 0 amide bonds. The Bertz CT molecular complexity index is 775. The highest BCUT2D eigenvalue weighted by Gasteiger charge is 2.26. The molecule has 0 aliphatic heterocycles. The highest BCUT2D eigenvalue weighted by molar-refractivity contribution is 5.77. The molecule has 2 rings (SSSR count). The van der Waals surface area contributed by atoms with Gasteiger partial charge in [-0.25, -0.2) is 4.79 Å². The molecule has 0 bridgehead atoms. The predicted octanol–water partition coefficient (Wildman–Crippen LogP) is 4.71. The van der Waals surface area contributed by atoms with Crippen molar-refractivity contribution < 1.29 is 18.7 Å². The molecule has 0 fully saturated rings. The molecule has 0 aliphatic rings. The topological polar surface area (TPSA) is 65.7 Å². The van der Waals surface area contributed by atoms with Gasteiger partial charge in [0.05, 0.1) is 18.6 Å². The van der Waals surface area contributed by atoms with Crippen LogP contribution in [0.5, 0.6) is 5.75 Å². The minimum atomic E-state index is -0.396. The Morgan fingerprint density at radius 1 is 1.04 bits per heavy atom. The van der Waals surface area contributed by atoms with E-state index in [2.05, 4.69) is 0 Å². The maximum Gasteiger partial charge on any atom is 0.336 e. The molecule has 0 unspecified atom stereocenters. The van der Waals surface area contributed by atoms with Gasteiger partial charge in [-0.15, -0.1) is 0 Å². The molecule has 1 aromatic heterocycles. The Hall–Kier alpha value is -2.30. The molecule has 0 saturated carbocycles. The number of unbranched alkanes of at least 4 members (excludes halogenated alkanes) is 3. The van der Waals surface area contributed by atoms with Crippen LogP contribution in [0.25, 0.3) is 11.0 Å². The van der Waals surface area contributed by atoms with Crippen molar-refractivity contribution in [2.24, 2.45) is 5.41 Å². The van der Waals surface area contributed by atoms with Crippen LogP contribution in [0.3, 0.4) is 0 Å². The van der Waals surface area contributed by atoms with E-state index >= 15 is 0 Å². The maximum atomic E-state index is 11.8. The second-order valence-corrected chi connectivity index (χ2v) is 7.09. The van der Waals surface area contributed by atoms with Gasteiger partial charge in [-0.1, -0.05) is 6.92 Å². The smallest absolute Gasteiger partial charge is 0.336 e.